The molecule has 1 fully saturated rings. The predicted octanol–water partition coefficient (Wildman–Crippen LogP) is 1.05. The summed E-state index contributed by atoms with van der Waals surface area (Å²) < 4.78 is 0. The van der Waals surface area contributed by atoms with E-state index in [9.17, 15) is 9.90 Å². The third kappa shape index (κ3) is 3.57. The van der Waals surface area contributed by atoms with Gasteiger partial charge >= 0.3 is 0 Å². The van der Waals surface area contributed by atoms with Crippen molar-refractivity contribution in [2.75, 3.05) is 24.1 Å². The minimum absolute atomic E-state index is 0.180. The minimum Gasteiger partial charge on any atom is -0.393 e. The van der Waals surface area contributed by atoms with Crippen molar-refractivity contribution in [2.24, 2.45) is 5.92 Å². The molecule has 106 valence electrons. The fourth-order valence-electron chi connectivity index (χ4n) is 2.27. The minimum atomic E-state index is -0.212. The number of nitrogens with two attached hydrogens (primary N) is 1. The molecule has 0 aromatic carbocycles. The molecule has 1 aliphatic carbocycles. The van der Waals surface area contributed by atoms with Crippen LogP contribution >= 0.6 is 11.3 Å². The molecule has 1 saturated carbocycles. The first-order valence-corrected chi connectivity index (χ1v) is 7.38. The van der Waals surface area contributed by atoms with Crippen molar-refractivity contribution in [3.63, 3.8) is 0 Å². The van der Waals surface area contributed by atoms with E-state index in [0.29, 0.717) is 22.5 Å². The Morgan fingerprint density at radius 3 is 3.00 bits per heavy atom. The van der Waals surface area contributed by atoms with Crippen molar-refractivity contribution in [3.8, 4) is 0 Å². The highest BCUT2D eigenvalue weighted by molar-refractivity contribution is 7.18. The molecule has 0 aliphatic heterocycles. The summed E-state index contributed by atoms with van der Waals surface area (Å²) in [6, 6.07) is 0. The van der Waals surface area contributed by atoms with E-state index in [1.54, 1.807) is 0 Å². The molecule has 1 heterocycles. The van der Waals surface area contributed by atoms with Crippen LogP contribution in [0, 0.1) is 5.92 Å². The highest BCUT2D eigenvalue weighted by atomic mass is 32.1. The fourth-order valence-corrected chi connectivity index (χ4v) is 3.14. The van der Waals surface area contributed by atoms with Gasteiger partial charge in [0.25, 0.3) is 5.91 Å². The van der Waals surface area contributed by atoms with E-state index < -0.39 is 0 Å². The number of anilines is 2. The first kappa shape index (κ1) is 14.1. The monoisotopic (exact) mass is 284 g/mol. The summed E-state index contributed by atoms with van der Waals surface area (Å²) in [6.45, 7) is 3.29. The lowest BCUT2D eigenvalue weighted by atomic mass is 10.1. The van der Waals surface area contributed by atoms with Crippen LogP contribution in [0.1, 0.15) is 35.9 Å². The van der Waals surface area contributed by atoms with E-state index in [-0.39, 0.29) is 17.8 Å². The summed E-state index contributed by atoms with van der Waals surface area (Å²) in [7, 11) is 0. The number of hydrogen-bond donors (Lipinski definition) is 4. The summed E-state index contributed by atoms with van der Waals surface area (Å²) in [6.07, 6.45) is 2.34. The van der Waals surface area contributed by atoms with Crippen LogP contribution in [0.3, 0.4) is 0 Å². The summed E-state index contributed by atoms with van der Waals surface area (Å²) in [5.74, 6) is 0.451. The largest absolute Gasteiger partial charge is 0.393 e. The van der Waals surface area contributed by atoms with Crippen molar-refractivity contribution in [1.82, 2.24) is 10.3 Å². The van der Waals surface area contributed by atoms with E-state index in [1.165, 1.54) is 11.3 Å². The first-order valence-electron chi connectivity index (χ1n) is 6.56. The molecule has 1 aliphatic rings. The number of nitrogens with one attached hydrogen (secondary N) is 2. The molecule has 0 spiro atoms. The van der Waals surface area contributed by atoms with Gasteiger partial charge in [-0.15, -0.1) is 0 Å². The zero-order valence-electron chi connectivity index (χ0n) is 11.0. The average molecular weight is 284 g/mol. The van der Waals surface area contributed by atoms with Crippen LogP contribution in [0.25, 0.3) is 0 Å². The Hall–Kier alpha value is -1.34. The Bertz CT molecular complexity index is 449. The Labute approximate surface area is 116 Å². The number of aliphatic hydroxyl groups is 1. The molecule has 1 aromatic heterocycles. The number of amides is 1. The van der Waals surface area contributed by atoms with Crippen molar-refractivity contribution in [2.45, 2.75) is 32.3 Å². The summed E-state index contributed by atoms with van der Waals surface area (Å²) in [5, 5.41) is 16.0. The standard InChI is InChI=1S/C12H20N4O2S/c1-2-14-12-16-10(13)9(19-12)11(18)15-6-7-3-4-8(17)5-7/h7-8,17H,2-6,13H2,1H3,(H,14,16)(H,15,18). The Balaban J connectivity index is 1.88. The number of aromatic nitrogens is 1. The van der Waals surface area contributed by atoms with Gasteiger partial charge in [0, 0.05) is 13.1 Å². The fraction of sp³-hybridized carbons (Fsp3) is 0.667. The van der Waals surface area contributed by atoms with Gasteiger partial charge in [-0.05, 0) is 32.1 Å². The van der Waals surface area contributed by atoms with Crippen LogP contribution in [0.15, 0.2) is 0 Å². The molecule has 2 atom stereocenters. The smallest absolute Gasteiger partial charge is 0.265 e. The third-order valence-corrected chi connectivity index (χ3v) is 4.28. The molecular formula is C12H20N4O2S. The topological polar surface area (TPSA) is 100 Å². The van der Waals surface area contributed by atoms with Gasteiger partial charge in [0.05, 0.1) is 6.10 Å². The normalized spacial score (nSPS) is 22.4. The number of thiazole rings is 1. The maximum Gasteiger partial charge on any atom is 0.265 e. The van der Waals surface area contributed by atoms with Crippen molar-refractivity contribution in [3.05, 3.63) is 4.88 Å². The zero-order valence-corrected chi connectivity index (χ0v) is 11.8. The molecule has 6 nitrogen and oxygen atoms in total. The lowest BCUT2D eigenvalue weighted by Gasteiger charge is -2.10. The van der Waals surface area contributed by atoms with E-state index in [1.807, 2.05) is 6.92 Å². The molecule has 1 amide bonds. The zero-order chi connectivity index (χ0) is 13.8. The van der Waals surface area contributed by atoms with Crippen molar-refractivity contribution >= 4 is 28.2 Å². The number of nitrogens with zero attached hydrogens (tertiary/aromatic N) is 1. The van der Waals surface area contributed by atoms with Gasteiger partial charge < -0.3 is 21.5 Å². The predicted molar refractivity (Wildman–Crippen MR) is 76.4 cm³/mol. The third-order valence-electron chi connectivity index (χ3n) is 3.25. The van der Waals surface area contributed by atoms with Gasteiger partial charge in [0.2, 0.25) is 0 Å². The van der Waals surface area contributed by atoms with Gasteiger partial charge in [0.15, 0.2) is 5.13 Å². The van der Waals surface area contributed by atoms with Crippen LogP contribution in [0.4, 0.5) is 10.9 Å². The van der Waals surface area contributed by atoms with E-state index in [0.717, 1.165) is 25.8 Å². The van der Waals surface area contributed by atoms with Crippen molar-refractivity contribution in [1.29, 1.82) is 0 Å². The lowest BCUT2D eigenvalue weighted by Crippen LogP contribution is -2.28. The molecule has 0 saturated heterocycles. The first-order chi connectivity index (χ1) is 9.10. The maximum atomic E-state index is 12.0. The number of nitrogen functional groups attached to an aromatic ring is 1. The SMILES string of the molecule is CCNc1nc(N)c(C(=O)NCC2CCC(O)C2)s1. The summed E-state index contributed by atoms with van der Waals surface area (Å²) >= 11 is 1.27. The van der Waals surface area contributed by atoms with Crippen LogP contribution < -0.4 is 16.4 Å². The highest BCUT2D eigenvalue weighted by Crippen LogP contribution is 2.26. The van der Waals surface area contributed by atoms with Gasteiger partial charge in [-0.25, -0.2) is 4.98 Å². The molecular weight excluding hydrogens is 264 g/mol. The molecule has 5 N–H and O–H groups in total. The van der Waals surface area contributed by atoms with Gasteiger partial charge in [-0.3, -0.25) is 4.79 Å². The second-order valence-corrected chi connectivity index (χ2v) is 5.81. The number of carbonyl (C=O) groups is 1. The number of rotatable bonds is 5. The van der Waals surface area contributed by atoms with Gasteiger partial charge in [-0.2, -0.15) is 0 Å². The van der Waals surface area contributed by atoms with E-state index in [4.69, 9.17) is 5.73 Å². The Kier molecular flexibility index (Phi) is 4.60. The Morgan fingerprint density at radius 2 is 2.37 bits per heavy atom. The van der Waals surface area contributed by atoms with Gasteiger partial charge in [-0.1, -0.05) is 11.3 Å². The Morgan fingerprint density at radius 1 is 1.58 bits per heavy atom. The molecule has 19 heavy (non-hydrogen) atoms. The van der Waals surface area contributed by atoms with Crippen LogP contribution in [-0.4, -0.2) is 35.2 Å². The molecule has 1 aromatic rings. The number of hydrogen-bond acceptors (Lipinski definition) is 6. The number of carbonyl (C=O) groups excluding carboxylic acids is 1. The van der Waals surface area contributed by atoms with E-state index in [2.05, 4.69) is 15.6 Å². The molecule has 0 radical (unpaired) electrons. The molecule has 2 unspecified atom stereocenters. The molecule has 0 bridgehead atoms. The summed E-state index contributed by atoms with van der Waals surface area (Å²) in [4.78, 5) is 16.6. The molecule has 7 heteroatoms. The molecule has 2 rings (SSSR count). The second kappa shape index (κ2) is 6.21. The summed E-state index contributed by atoms with van der Waals surface area (Å²) in [5.41, 5.74) is 5.74. The maximum absolute atomic E-state index is 12.0. The van der Waals surface area contributed by atoms with Crippen LogP contribution in [0.5, 0.6) is 0 Å². The average Bonchev–Trinajstić information content (AvgIpc) is 2.93. The van der Waals surface area contributed by atoms with Gasteiger partial charge in [0.1, 0.15) is 10.7 Å². The lowest BCUT2D eigenvalue weighted by molar-refractivity contribution is 0.0950. The van der Waals surface area contributed by atoms with Crippen LogP contribution in [-0.2, 0) is 0 Å². The van der Waals surface area contributed by atoms with E-state index >= 15 is 0 Å². The highest BCUT2D eigenvalue weighted by Gasteiger charge is 2.24. The second-order valence-electron chi connectivity index (χ2n) is 4.81. The quantitative estimate of drug-likeness (QED) is 0.647. The van der Waals surface area contributed by atoms with Crippen LogP contribution in [0.2, 0.25) is 0 Å². The van der Waals surface area contributed by atoms with Crippen molar-refractivity contribution < 1.29 is 9.90 Å². The number of aliphatic hydroxyl groups excluding tert-OH is 1.